The third-order valence-corrected chi connectivity index (χ3v) is 2.49. The van der Waals surface area contributed by atoms with Crippen LogP contribution in [0, 0.1) is 11.8 Å². The van der Waals surface area contributed by atoms with Crippen molar-refractivity contribution in [2.45, 2.75) is 18.9 Å². The summed E-state index contributed by atoms with van der Waals surface area (Å²) in [5, 5.41) is 2.78. The van der Waals surface area contributed by atoms with Crippen LogP contribution in [0.25, 0.3) is 0 Å². The lowest BCUT2D eigenvalue weighted by Gasteiger charge is -2.16. The third-order valence-electron chi connectivity index (χ3n) is 2.49. The summed E-state index contributed by atoms with van der Waals surface area (Å²) in [6, 6.07) is 0.162. The van der Waals surface area contributed by atoms with Gasteiger partial charge in [0.2, 0.25) is 5.91 Å². The van der Waals surface area contributed by atoms with Gasteiger partial charge < -0.3 is 10.1 Å². The Hall–Kier alpha value is -0.860. The maximum atomic E-state index is 10.9. The fourth-order valence-electron chi connectivity index (χ4n) is 1.90. The number of carbonyl (C=O) groups is 2. The molecule has 10 heavy (non-hydrogen) atoms. The summed E-state index contributed by atoms with van der Waals surface area (Å²) in [5.41, 5.74) is 0. The number of aldehydes is 1. The quantitative estimate of drug-likeness (QED) is 0.507. The van der Waals surface area contributed by atoms with Crippen molar-refractivity contribution in [1.29, 1.82) is 0 Å². The topological polar surface area (TPSA) is 46.2 Å². The summed E-state index contributed by atoms with van der Waals surface area (Å²) in [7, 11) is 0. The van der Waals surface area contributed by atoms with Gasteiger partial charge in [-0.2, -0.15) is 0 Å². The number of nitrogens with one attached hydrogen (secondary N) is 1. The molecular formula is C7H9NO2. The lowest BCUT2D eigenvalue weighted by molar-refractivity contribution is -0.125. The molecule has 54 valence electrons. The van der Waals surface area contributed by atoms with E-state index in [-0.39, 0.29) is 23.8 Å². The van der Waals surface area contributed by atoms with E-state index in [2.05, 4.69) is 5.32 Å². The predicted molar refractivity (Wildman–Crippen MR) is 34.2 cm³/mol. The highest BCUT2D eigenvalue weighted by Gasteiger charge is 2.44. The minimum Gasteiger partial charge on any atom is -0.352 e. The van der Waals surface area contributed by atoms with Crippen LogP contribution in [-0.2, 0) is 9.59 Å². The molecule has 1 saturated carbocycles. The fourth-order valence-corrected chi connectivity index (χ4v) is 1.90. The summed E-state index contributed by atoms with van der Waals surface area (Å²) >= 11 is 0. The number of hydrogen-bond donors (Lipinski definition) is 1. The minimum atomic E-state index is 0.0997. The van der Waals surface area contributed by atoms with Crippen molar-refractivity contribution < 1.29 is 9.59 Å². The zero-order valence-corrected chi connectivity index (χ0v) is 5.54. The van der Waals surface area contributed by atoms with E-state index in [1.807, 2.05) is 0 Å². The molecule has 0 aromatic carbocycles. The first-order valence-corrected chi connectivity index (χ1v) is 3.57. The van der Waals surface area contributed by atoms with Crippen LogP contribution >= 0.6 is 0 Å². The normalized spacial score (nSPS) is 43.6. The van der Waals surface area contributed by atoms with E-state index in [0.717, 1.165) is 19.1 Å². The number of hydrogen-bond acceptors (Lipinski definition) is 2. The van der Waals surface area contributed by atoms with E-state index in [9.17, 15) is 9.59 Å². The van der Waals surface area contributed by atoms with Crippen LogP contribution in [0.3, 0.4) is 0 Å². The molecule has 0 spiro atoms. The summed E-state index contributed by atoms with van der Waals surface area (Å²) in [5.74, 6) is 0.381. The van der Waals surface area contributed by atoms with Gasteiger partial charge in [-0.1, -0.05) is 0 Å². The molecule has 2 rings (SSSR count). The molecule has 1 saturated heterocycles. The minimum absolute atomic E-state index is 0.0997. The van der Waals surface area contributed by atoms with Crippen LogP contribution in [0.5, 0.6) is 0 Å². The molecule has 0 aromatic rings. The molecule has 3 heteroatoms. The van der Waals surface area contributed by atoms with Crippen molar-refractivity contribution in [1.82, 2.24) is 5.32 Å². The highest BCUT2D eigenvalue weighted by Crippen LogP contribution is 2.35. The largest absolute Gasteiger partial charge is 0.352 e. The zero-order valence-electron chi connectivity index (χ0n) is 5.54. The monoisotopic (exact) mass is 139 g/mol. The van der Waals surface area contributed by atoms with Gasteiger partial charge in [0.1, 0.15) is 6.29 Å². The van der Waals surface area contributed by atoms with E-state index in [1.54, 1.807) is 0 Å². The van der Waals surface area contributed by atoms with Crippen LogP contribution in [0.4, 0.5) is 0 Å². The van der Waals surface area contributed by atoms with Gasteiger partial charge in [0.15, 0.2) is 0 Å². The molecule has 3 nitrogen and oxygen atoms in total. The maximum absolute atomic E-state index is 10.9. The number of rotatable bonds is 1. The second kappa shape index (κ2) is 1.81. The van der Waals surface area contributed by atoms with Crippen molar-refractivity contribution in [3.63, 3.8) is 0 Å². The van der Waals surface area contributed by atoms with Gasteiger partial charge in [-0.25, -0.2) is 0 Å². The smallest absolute Gasteiger partial charge is 0.223 e. The lowest BCUT2D eigenvalue weighted by atomic mass is 10.0. The van der Waals surface area contributed by atoms with E-state index in [1.165, 1.54) is 0 Å². The van der Waals surface area contributed by atoms with Crippen molar-refractivity contribution in [2.75, 3.05) is 0 Å². The van der Waals surface area contributed by atoms with Crippen molar-refractivity contribution in [2.24, 2.45) is 11.8 Å². The molecule has 2 fully saturated rings. The molecule has 3 atom stereocenters. The number of fused-ring (bicyclic) bond motifs is 2. The van der Waals surface area contributed by atoms with E-state index in [0.29, 0.717) is 0 Å². The molecule has 1 N–H and O–H groups in total. The van der Waals surface area contributed by atoms with Gasteiger partial charge in [0, 0.05) is 17.9 Å². The lowest BCUT2D eigenvalue weighted by Crippen LogP contribution is -2.37. The molecule has 0 radical (unpaired) electrons. The van der Waals surface area contributed by atoms with Crippen LogP contribution < -0.4 is 5.32 Å². The van der Waals surface area contributed by atoms with Gasteiger partial charge in [-0.15, -0.1) is 0 Å². The van der Waals surface area contributed by atoms with Crippen molar-refractivity contribution in [3.05, 3.63) is 0 Å². The number of piperidine rings is 1. The van der Waals surface area contributed by atoms with Gasteiger partial charge in [0.25, 0.3) is 0 Å². The van der Waals surface area contributed by atoms with Gasteiger partial charge >= 0.3 is 0 Å². The Kier molecular flexibility index (Phi) is 1.07. The molecule has 1 aliphatic heterocycles. The molecular weight excluding hydrogens is 130 g/mol. The van der Waals surface area contributed by atoms with Gasteiger partial charge in [-0.05, 0) is 12.8 Å². The molecule has 2 aliphatic rings. The number of carbonyl (C=O) groups excluding carboxylic acids is 2. The first-order valence-electron chi connectivity index (χ1n) is 3.57. The fraction of sp³-hybridized carbons (Fsp3) is 0.714. The summed E-state index contributed by atoms with van der Waals surface area (Å²) in [4.78, 5) is 21.2. The number of amides is 1. The van der Waals surface area contributed by atoms with Crippen LogP contribution in [0.2, 0.25) is 0 Å². The van der Waals surface area contributed by atoms with Crippen LogP contribution in [0.1, 0.15) is 12.8 Å². The Balaban J connectivity index is 2.15. The Morgan fingerprint density at radius 3 is 2.70 bits per heavy atom. The van der Waals surface area contributed by atoms with E-state index >= 15 is 0 Å². The van der Waals surface area contributed by atoms with Crippen LogP contribution in [0.15, 0.2) is 0 Å². The molecule has 2 bridgehead atoms. The molecule has 1 amide bonds. The maximum Gasteiger partial charge on any atom is 0.223 e. The van der Waals surface area contributed by atoms with Crippen molar-refractivity contribution >= 4 is 12.2 Å². The standard InChI is InChI=1S/C7H9NO2/c9-3-5-1-4-2-6(5)8-7(4)10/h3-6H,1-2H2,(H,8,10)/t4-,5+,6-/m1/s1. The van der Waals surface area contributed by atoms with E-state index in [4.69, 9.17) is 0 Å². The van der Waals surface area contributed by atoms with Crippen molar-refractivity contribution in [3.8, 4) is 0 Å². The summed E-state index contributed by atoms with van der Waals surface area (Å²) in [6.45, 7) is 0. The van der Waals surface area contributed by atoms with E-state index < -0.39 is 0 Å². The molecule has 0 unspecified atom stereocenters. The average Bonchev–Trinajstić information content (AvgIpc) is 2.44. The SMILES string of the molecule is O=C[C@@H]1C[C@@H]2C[C@H]1NC2=O. The Morgan fingerprint density at radius 1 is 1.50 bits per heavy atom. The average molecular weight is 139 g/mol. The first kappa shape index (κ1) is 5.89. The Morgan fingerprint density at radius 2 is 2.30 bits per heavy atom. The van der Waals surface area contributed by atoms with Gasteiger partial charge in [0.05, 0.1) is 0 Å². The van der Waals surface area contributed by atoms with Gasteiger partial charge in [-0.3, -0.25) is 4.79 Å². The zero-order chi connectivity index (χ0) is 7.14. The molecule has 1 heterocycles. The first-order chi connectivity index (χ1) is 4.81. The Bertz CT molecular complexity index is 190. The van der Waals surface area contributed by atoms with Crippen LogP contribution in [-0.4, -0.2) is 18.2 Å². The second-order valence-electron chi connectivity index (χ2n) is 3.08. The third kappa shape index (κ3) is 0.602. The second-order valence-corrected chi connectivity index (χ2v) is 3.08. The predicted octanol–water partition coefficient (Wildman–Crippen LogP) is -0.290. The Labute approximate surface area is 58.8 Å². The summed E-state index contributed by atoms with van der Waals surface area (Å²) in [6.07, 6.45) is 2.62. The molecule has 1 aliphatic carbocycles. The highest BCUT2D eigenvalue weighted by molar-refractivity contribution is 5.84. The molecule has 0 aromatic heterocycles. The summed E-state index contributed by atoms with van der Waals surface area (Å²) < 4.78 is 0. The highest BCUT2D eigenvalue weighted by atomic mass is 16.2.